The average molecular weight is 220 g/mol. The molecule has 14 heavy (non-hydrogen) atoms. The van der Waals surface area contributed by atoms with Crippen LogP contribution < -0.4 is 0 Å². The number of carbonyl (C=O) groups excluding carboxylic acids is 1. The van der Waals surface area contributed by atoms with E-state index in [9.17, 15) is 13.2 Å². The highest BCUT2D eigenvalue weighted by molar-refractivity contribution is 7.90. The molecule has 0 aliphatic heterocycles. The highest BCUT2D eigenvalue weighted by atomic mass is 32.2. The minimum Gasteiger partial charge on any atom is -0.465 e. The maximum absolute atomic E-state index is 11.0. The van der Waals surface area contributed by atoms with E-state index < -0.39 is 9.84 Å². The van der Waals surface area contributed by atoms with Crippen LogP contribution in [-0.2, 0) is 19.4 Å². The van der Waals surface area contributed by atoms with Gasteiger partial charge in [-0.3, -0.25) is 4.79 Å². The molecule has 0 unspecified atom stereocenters. The van der Waals surface area contributed by atoms with Crippen molar-refractivity contribution in [3.05, 3.63) is 0 Å². The maximum Gasteiger partial charge on any atom is 0.293 e. The van der Waals surface area contributed by atoms with Crippen molar-refractivity contribution in [3.8, 4) is 0 Å². The van der Waals surface area contributed by atoms with Crippen molar-refractivity contribution in [1.29, 1.82) is 0 Å². The number of carbonyl (C=O) groups is 1. The van der Waals surface area contributed by atoms with E-state index in [1.807, 2.05) is 0 Å². The van der Waals surface area contributed by atoms with Crippen LogP contribution in [0.15, 0.2) is 0 Å². The molecule has 0 atom stereocenters. The first-order chi connectivity index (χ1) is 6.51. The van der Waals surface area contributed by atoms with Crippen LogP contribution >= 0.6 is 0 Å². The number of rotatable bonds is 4. The Morgan fingerprint density at radius 1 is 1.29 bits per heavy atom. The van der Waals surface area contributed by atoms with Crippen molar-refractivity contribution in [3.63, 3.8) is 0 Å². The number of hydrogen-bond donors (Lipinski definition) is 0. The van der Waals surface area contributed by atoms with Gasteiger partial charge in [0.05, 0.1) is 5.75 Å². The van der Waals surface area contributed by atoms with Gasteiger partial charge in [-0.25, -0.2) is 8.42 Å². The lowest BCUT2D eigenvalue weighted by molar-refractivity contribution is -0.135. The normalized spacial score (nSPS) is 28.4. The molecule has 1 fully saturated rings. The third-order valence-electron chi connectivity index (χ3n) is 2.58. The highest BCUT2D eigenvalue weighted by Crippen LogP contribution is 2.26. The van der Waals surface area contributed by atoms with E-state index >= 15 is 0 Å². The molecule has 5 heteroatoms. The van der Waals surface area contributed by atoms with Crippen molar-refractivity contribution < 1.29 is 17.9 Å². The number of hydrogen-bond acceptors (Lipinski definition) is 4. The molecule has 0 bridgehead atoms. The quantitative estimate of drug-likeness (QED) is 0.656. The average Bonchev–Trinajstić information content (AvgIpc) is 2.06. The molecule has 82 valence electrons. The first-order valence-corrected chi connectivity index (χ1v) is 6.84. The summed E-state index contributed by atoms with van der Waals surface area (Å²) in [5.41, 5.74) is 0. The second-order valence-electron chi connectivity index (χ2n) is 3.97. The van der Waals surface area contributed by atoms with Gasteiger partial charge in [0.25, 0.3) is 6.47 Å². The zero-order valence-corrected chi connectivity index (χ0v) is 9.13. The largest absolute Gasteiger partial charge is 0.465 e. The van der Waals surface area contributed by atoms with Crippen LogP contribution in [0.5, 0.6) is 0 Å². The van der Waals surface area contributed by atoms with E-state index in [0.717, 1.165) is 25.7 Å². The molecule has 1 aliphatic carbocycles. The van der Waals surface area contributed by atoms with Gasteiger partial charge in [-0.2, -0.15) is 0 Å². The van der Waals surface area contributed by atoms with Crippen LogP contribution in [0.1, 0.15) is 25.7 Å². The van der Waals surface area contributed by atoms with Gasteiger partial charge in [0.1, 0.15) is 15.9 Å². The van der Waals surface area contributed by atoms with Gasteiger partial charge < -0.3 is 4.74 Å². The number of ether oxygens (including phenoxy) is 1. The summed E-state index contributed by atoms with van der Waals surface area (Å²) in [5, 5.41) is 0. The minimum absolute atomic E-state index is 0.00307. The lowest BCUT2D eigenvalue weighted by Gasteiger charge is -2.26. The summed E-state index contributed by atoms with van der Waals surface area (Å²) in [5.74, 6) is 0.511. The van der Waals surface area contributed by atoms with Crippen LogP contribution in [0.2, 0.25) is 0 Å². The standard InChI is InChI=1S/C9H16O4S/c1-14(11,12)6-8-2-4-9(5-3-8)13-7-10/h7-9H,2-6H2,1H3. The van der Waals surface area contributed by atoms with Gasteiger partial charge in [-0.15, -0.1) is 0 Å². The zero-order valence-electron chi connectivity index (χ0n) is 8.31. The maximum atomic E-state index is 11.0. The predicted octanol–water partition coefficient (Wildman–Crippen LogP) is 0.763. The lowest BCUT2D eigenvalue weighted by atomic mass is 9.89. The Hall–Kier alpha value is -0.580. The monoisotopic (exact) mass is 220 g/mol. The van der Waals surface area contributed by atoms with Gasteiger partial charge in [0.15, 0.2) is 0 Å². The minimum atomic E-state index is -2.86. The van der Waals surface area contributed by atoms with Crippen molar-refractivity contribution >= 4 is 16.3 Å². The molecule has 0 saturated heterocycles. The van der Waals surface area contributed by atoms with E-state index in [2.05, 4.69) is 0 Å². The Balaban J connectivity index is 2.32. The van der Waals surface area contributed by atoms with Gasteiger partial charge >= 0.3 is 0 Å². The van der Waals surface area contributed by atoms with Crippen LogP contribution in [0, 0.1) is 5.92 Å². The van der Waals surface area contributed by atoms with Crippen molar-refractivity contribution in [2.75, 3.05) is 12.0 Å². The van der Waals surface area contributed by atoms with Crippen molar-refractivity contribution in [2.45, 2.75) is 31.8 Å². The fourth-order valence-electron chi connectivity index (χ4n) is 1.94. The third kappa shape index (κ3) is 4.09. The predicted molar refractivity (Wildman–Crippen MR) is 52.6 cm³/mol. The first kappa shape index (κ1) is 11.5. The van der Waals surface area contributed by atoms with E-state index in [4.69, 9.17) is 4.74 Å². The topological polar surface area (TPSA) is 60.4 Å². The van der Waals surface area contributed by atoms with Gasteiger partial charge in [-0.05, 0) is 31.6 Å². The summed E-state index contributed by atoms with van der Waals surface area (Å²) < 4.78 is 26.9. The molecule has 0 aromatic rings. The molecule has 0 aromatic heterocycles. The second kappa shape index (κ2) is 4.77. The van der Waals surface area contributed by atoms with Gasteiger partial charge in [0.2, 0.25) is 0 Å². The molecule has 0 aromatic carbocycles. The Bertz CT molecular complexity index is 275. The first-order valence-electron chi connectivity index (χ1n) is 4.78. The molecule has 0 N–H and O–H groups in total. The molecule has 1 aliphatic rings. The summed E-state index contributed by atoms with van der Waals surface area (Å²) in [7, 11) is -2.86. The molecule has 0 heterocycles. The zero-order chi connectivity index (χ0) is 10.6. The Kier molecular flexibility index (Phi) is 3.92. The van der Waals surface area contributed by atoms with E-state index in [1.165, 1.54) is 6.26 Å². The Morgan fingerprint density at radius 3 is 2.29 bits per heavy atom. The summed E-state index contributed by atoms with van der Waals surface area (Å²) >= 11 is 0. The van der Waals surface area contributed by atoms with E-state index in [0.29, 0.717) is 6.47 Å². The van der Waals surface area contributed by atoms with E-state index in [1.54, 1.807) is 0 Å². The van der Waals surface area contributed by atoms with Crippen LogP contribution in [0.3, 0.4) is 0 Å². The van der Waals surface area contributed by atoms with Gasteiger partial charge in [0, 0.05) is 6.26 Å². The smallest absolute Gasteiger partial charge is 0.293 e. The summed E-state index contributed by atoms with van der Waals surface area (Å²) in [6, 6.07) is 0. The van der Waals surface area contributed by atoms with Crippen molar-refractivity contribution in [2.24, 2.45) is 5.92 Å². The Morgan fingerprint density at radius 2 is 1.86 bits per heavy atom. The van der Waals surface area contributed by atoms with Crippen LogP contribution in [-0.4, -0.2) is 33.0 Å². The molecule has 1 saturated carbocycles. The Labute approximate surface area is 84.6 Å². The highest BCUT2D eigenvalue weighted by Gasteiger charge is 2.24. The molecule has 4 nitrogen and oxygen atoms in total. The second-order valence-corrected chi connectivity index (χ2v) is 6.15. The summed E-state index contributed by atoms with van der Waals surface area (Å²) in [6.07, 6.45) is 4.53. The van der Waals surface area contributed by atoms with Crippen LogP contribution in [0.25, 0.3) is 0 Å². The third-order valence-corrected chi connectivity index (χ3v) is 3.66. The van der Waals surface area contributed by atoms with E-state index in [-0.39, 0.29) is 17.8 Å². The molecule has 1 rings (SSSR count). The summed E-state index contributed by atoms with van der Waals surface area (Å²) in [4.78, 5) is 10.1. The molecule has 0 spiro atoms. The SMILES string of the molecule is CS(=O)(=O)CC1CCC(OC=O)CC1. The van der Waals surface area contributed by atoms with Crippen molar-refractivity contribution in [1.82, 2.24) is 0 Å². The van der Waals surface area contributed by atoms with Gasteiger partial charge in [-0.1, -0.05) is 0 Å². The van der Waals surface area contributed by atoms with Crippen LogP contribution in [0.4, 0.5) is 0 Å². The molecular weight excluding hydrogens is 204 g/mol. The molecular formula is C9H16O4S. The molecule has 0 amide bonds. The number of sulfone groups is 1. The summed E-state index contributed by atoms with van der Waals surface area (Å²) in [6.45, 7) is 0.474. The lowest BCUT2D eigenvalue weighted by Crippen LogP contribution is -2.25. The fraction of sp³-hybridized carbons (Fsp3) is 0.889. The fourth-order valence-corrected chi connectivity index (χ4v) is 3.13. The molecule has 0 radical (unpaired) electrons.